The van der Waals surface area contributed by atoms with Crippen LogP contribution in [0.3, 0.4) is 0 Å². The van der Waals surface area contributed by atoms with Crippen LogP contribution in [0.4, 0.5) is 8.78 Å². The molecule has 2 aromatic heterocycles. The summed E-state index contributed by atoms with van der Waals surface area (Å²) in [6.07, 6.45) is 3.02. The molecule has 4 rings (SSSR count). The predicted octanol–water partition coefficient (Wildman–Crippen LogP) is 5.79. The first-order valence-corrected chi connectivity index (χ1v) is 10.4. The van der Waals surface area contributed by atoms with Crippen LogP contribution in [0, 0.1) is 11.6 Å². The van der Waals surface area contributed by atoms with E-state index in [0.29, 0.717) is 11.3 Å². The van der Waals surface area contributed by atoms with Gasteiger partial charge >= 0.3 is 0 Å². The highest BCUT2D eigenvalue weighted by Crippen LogP contribution is 2.27. The fourth-order valence-electron chi connectivity index (χ4n) is 3.11. The van der Waals surface area contributed by atoms with Crippen LogP contribution in [-0.4, -0.2) is 15.3 Å². The van der Waals surface area contributed by atoms with E-state index in [1.807, 2.05) is 0 Å². The SMILES string of the molecule is O=c1ccc(C(=NOCc2ccccn2)c2ccc(F)cc2F)cn1-c1c(Cl)cccc1Cl. The third kappa shape index (κ3) is 5.10. The van der Waals surface area contributed by atoms with Crippen LogP contribution in [0.5, 0.6) is 0 Å². The molecule has 9 heteroatoms. The second-order valence-corrected chi connectivity index (χ2v) is 7.67. The van der Waals surface area contributed by atoms with E-state index in [1.165, 1.54) is 29.0 Å². The summed E-state index contributed by atoms with van der Waals surface area (Å²) in [7, 11) is 0. The van der Waals surface area contributed by atoms with Gasteiger partial charge in [-0.3, -0.25) is 14.3 Å². The Balaban J connectivity index is 1.82. The zero-order valence-corrected chi connectivity index (χ0v) is 18.4. The molecule has 0 amide bonds. The molecule has 0 unspecified atom stereocenters. The first-order chi connectivity index (χ1) is 15.9. The Bertz CT molecular complexity index is 1370. The van der Waals surface area contributed by atoms with Gasteiger partial charge in [-0.05, 0) is 42.5 Å². The lowest BCUT2D eigenvalue weighted by Crippen LogP contribution is -2.20. The van der Waals surface area contributed by atoms with Crippen LogP contribution in [-0.2, 0) is 11.4 Å². The van der Waals surface area contributed by atoms with Crippen LogP contribution in [0.1, 0.15) is 16.8 Å². The summed E-state index contributed by atoms with van der Waals surface area (Å²) in [4.78, 5) is 22.2. The van der Waals surface area contributed by atoms with Crippen molar-refractivity contribution in [2.75, 3.05) is 0 Å². The number of benzene rings is 2. The van der Waals surface area contributed by atoms with Gasteiger partial charge in [0.2, 0.25) is 0 Å². The van der Waals surface area contributed by atoms with E-state index in [-0.39, 0.29) is 33.6 Å². The highest BCUT2D eigenvalue weighted by molar-refractivity contribution is 6.37. The molecule has 0 aliphatic heterocycles. The summed E-state index contributed by atoms with van der Waals surface area (Å²) >= 11 is 12.5. The highest BCUT2D eigenvalue weighted by Gasteiger charge is 2.17. The van der Waals surface area contributed by atoms with E-state index in [4.69, 9.17) is 28.0 Å². The molecule has 0 aliphatic carbocycles. The maximum absolute atomic E-state index is 14.7. The summed E-state index contributed by atoms with van der Waals surface area (Å²) in [5.41, 5.74) is 0.793. The van der Waals surface area contributed by atoms with E-state index in [1.54, 1.807) is 42.6 Å². The molecule has 0 atom stereocenters. The van der Waals surface area contributed by atoms with Crippen molar-refractivity contribution in [3.05, 3.63) is 128 Å². The summed E-state index contributed by atoms with van der Waals surface area (Å²) in [5.74, 6) is -1.58. The normalized spacial score (nSPS) is 11.5. The van der Waals surface area contributed by atoms with Gasteiger partial charge in [0, 0.05) is 35.7 Å². The minimum absolute atomic E-state index is 0.0170. The molecule has 4 aromatic rings. The van der Waals surface area contributed by atoms with E-state index in [2.05, 4.69) is 10.1 Å². The minimum Gasteiger partial charge on any atom is -0.389 e. The van der Waals surface area contributed by atoms with Gasteiger partial charge in [0.1, 0.15) is 17.3 Å². The molecule has 5 nitrogen and oxygen atoms in total. The Morgan fingerprint density at radius 2 is 1.79 bits per heavy atom. The van der Waals surface area contributed by atoms with Crippen molar-refractivity contribution in [1.82, 2.24) is 9.55 Å². The van der Waals surface area contributed by atoms with Gasteiger partial charge in [-0.25, -0.2) is 8.78 Å². The number of oxime groups is 1. The maximum Gasteiger partial charge on any atom is 0.255 e. The van der Waals surface area contributed by atoms with E-state index < -0.39 is 17.2 Å². The molecular formula is C24H15Cl2F2N3O2. The van der Waals surface area contributed by atoms with Gasteiger partial charge in [0.05, 0.1) is 21.4 Å². The third-order valence-corrected chi connectivity index (χ3v) is 5.25. The number of hydrogen-bond acceptors (Lipinski definition) is 4. The summed E-state index contributed by atoms with van der Waals surface area (Å²) in [5, 5.41) is 4.59. The largest absolute Gasteiger partial charge is 0.389 e. The summed E-state index contributed by atoms with van der Waals surface area (Å²) < 4.78 is 29.4. The number of pyridine rings is 2. The van der Waals surface area contributed by atoms with Crippen LogP contribution in [0.15, 0.2) is 89.1 Å². The molecular weight excluding hydrogens is 471 g/mol. The Labute approximate surface area is 197 Å². The number of rotatable bonds is 6. The summed E-state index contributed by atoms with van der Waals surface area (Å²) in [6.45, 7) is 0.0170. The van der Waals surface area contributed by atoms with Crippen LogP contribution < -0.4 is 5.56 Å². The van der Waals surface area contributed by atoms with Gasteiger partial charge in [-0.2, -0.15) is 0 Å². The minimum atomic E-state index is -0.844. The van der Waals surface area contributed by atoms with Crippen molar-refractivity contribution in [3.8, 4) is 5.69 Å². The molecule has 2 aromatic carbocycles. The van der Waals surface area contributed by atoms with Crippen molar-refractivity contribution in [3.63, 3.8) is 0 Å². The van der Waals surface area contributed by atoms with Gasteiger partial charge in [0.15, 0.2) is 6.61 Å². The summed E-state index contributed by atoms with van der Waals surface area (Å²) in [6, 6.07) is 15.9. The van der Waals surface area contributed by atoms with Gasteiger partial charge in [-0.15, -0.1) is 0 Å². The Hall–Kier alpha value is -3.55. The van der Waals surface area contributed by atoms with Crippen molar-refractivity contribution in [2.24, 2.45) is 5.16 Å². The van der Waals surface area contributed by atoms with Crippen molar-refractivity contribution < 1.29 is 13.6 Å². The standard InChI is InChI=1S/C24H15Cl2F2N3O2/c25-19-5-3-6-20(26)24(19)31-13-15(7-10-22(31)32)23(18-9-8-16(27)12-21(18)28)30-33-14-17-4-1-2-11-29-17/h1-13H,14H2. The zero-order chi connectivity index (χ0) is 23.4. The average molecular weight is 486 g/mol. The molecule has 0 radical (unpaired) electrons. The molecule has 0 spiro atoms. The molecule has 0 fully saturated rings. The number of hydrogen-bond donors (Lipinski definition) is 0. The Morgan fingerprint density at radius 1 is 1.00 bits per heavy atom. The highest BCUT2D eigenvalue weighted by atomic mass is 35.5. The van der Waals surface area contributed by atoms with Crippen molar-refractivity contribution in [2.45, 2.75) is 6.61 Å². The quantitative estimate of drug-likeness (QED) is 0.256. The lowest BCUT2D eigenvalue weighted by atomic mass is 10.0. The molecule has 0 N–H and O–H groups in total. The van der Waals surface area contributed by atoms with Gasteiger partial charge < -0.3 is 4.84 Å². The topological polar surface area (TPSA) is 56.5 Å². The smallest absolute Gasteiger partial charge is 0.255 e. The van der Waals surface area contributed by atoms with Gasteiger partial charge in [-0.1, -0.05) is 40.5 Å². The average Bonchev–Trinajstić information content (AvgIpc) is 2.79. The molecule has 0 bridgehead atoms. The second kappa shape index (κ2) is 9.94. The lowest BCUT2D eigenvalue weighted by Gasteiger charge is -2.13. The van der Waals surface area contributed by atoms with E-state index in [9.17, 15) is 13.6 Å². The third-order valence-electron chi connectivity index (χ3n) is 4.64. The van der Waals surface area contributed by atoms with Crippen molar-refractivity contribution >= 4 is 28.9 Å². The molecule has 0 saturated heterocycles. The maximum atomic E-state index is 14.7. The fraction of sp³-hybridized carbons (Fsp3) is 0.0417. The number of aromatic nitrogens is 2. The molecule has 0 saturated carbocycles. The Kier molecular flexibility index (Phi) is 6.82. The zero-order valence-electron chi connectivity index (χ0n) is 16.9. The Morgan fingerprint density at radius 3 is 2.48 bits per heavy atom. The monoisotopic (exact) mass is 485 g/mol. The molecule has 0 aliphatic rings. The van der Waals surface area contributed by atoms with Crippen molar-refractivity contribution in [1.29, 1.82) is 0 Å². The second-order valence-electron chi connectivity index (χ2n) is 6.85. The van der Waals surface area contributed by atoms with E-state index in [0.717, 1.165) is 12.1 Å². The van der Waals surface area contributed by atoms with Crippen LogP contribution in [0.2, 0.25) is 10.0 Å². The molecule has 33 heavy (non-hydrogen) atoms. The first kappa shape index (κ1) is 22.6. The number of nitrogens with zero attached hydrogens (tertiary/aromatic N) is 3. The van der Waals surface area contributed by atoms with E-state index >= 15 is 0 Å². The first-order valence-electron chi connectivity index (χ1n) is 9.67. The lowest BCUT2D eigenvalue weighted by molar-refractivity contribution is 0.128. The predicted molar refractivity (Wildman–Crippen MR) is 123 cm³/mol. The van der Waals surface area contributed by atoms with Crippen LogP contribution in [0.25, 0.3) is 5.69 Å². The molecule has 2 heterocycles. The van der Waals surface area contributed by atoms with Crippen LogP contribution >= 0.6 is 23.2 Å². The molecule has 166 valence electrons. The number of halogens is 4. The fourth-order valence-corrected chi connectivity index (χ4v) is 3.69. The van der Waals surface area contributed by atoms with Gasteiger partial charge in [0.25, 0.3) is 5.56 Å². The number of para-hydroxylation sites is 1.